The topological polar surface area (TPSA) is 238 Å². The van der Waals surface area contributed by atoms with Gasteiger partial charge in [-0.15, -0.1) is 22.7 Å². The van der Waals surface area contributed by atoms with Crippen LogP contribution in [0.15, 0.2) is 284 Å². The van der Waals surface area contributed by atoms with Crippen LogP contribution in [0.4, 0.5) is 13.2 Å². The number of aliphatic imine (C=N–C) groups is 2. The van der Waals surface area contributed by atoms with E-state index in [4.69, 9.17) is 56.3 Å². The molecule has 6 aliphatic rings. The van der Waals surface area contributed by atoms with Gasteiger partial charge >= 0.3 is 0 Å². The molecule has 24 rings (SSSR count). The van der Waals surface area contributed by atoms with E-state index in [0.717, 1.165) is 160 Å². The minimum Gasteiger partial charge on any atom is -0.383 e. The smallest absolute Gasteiger partial charge is 0.193 e. The van der Waals surface area contributed by atoms with Crippen molar-refractivity contribution in [1.82, 2.24) is 47.0 Å². The van der Waals surface area contributed by atoms with Crippen LogP contribution >= 0.6 is 45.9 Å². The number of nitrogens with one attached hydrogen (secondary N) is 4. The lowest BCUT2D eigenvalue weighted by atomic mass is 10.1. The summed E-state index contributed by atoms with van der Waals surface area (Å²) in [6.45, 7) is 11.4. The largest absolute Gasteiger partial charge is 0.383 e. The molecule has 2 saturated carbocycles. The molecule has 0 bridgehead atoms. The first kappa shape index (κ1) is 99.3. The highest BCUT2D eigenvalue weighted by Gasteiger charge is 2.28. The van der Waals surface area contributed by atoms with Crippen LogP contribution in [0.3, 0.4) is 0 Å². The van der Waals surface area contributed by atoms with Crippen molar-refractivity contribution in [3.8, 4) is 0 Å². The number of fused-ring (bicyclic) bond motifs is 6. The van der Waals surface area contributed by atoms with Crippen LogP contribution in [-0.2, 0) is 81.6 Å². The summed E-state index contributed by atoms with van der Waals surface area (Å²) < 4.78 is 69.2. The van der Waals surface area contributed by atoms with Crippen LogP contribution in [-0.4, -0.2) is 146 Å². The Morgan fingerprint density at radius 1 is 0.324 bits per heavy atom. The Balaban J connectivity index is 0.000000110. The van der Waals surface area contributed by atoms with E-state index < -0.39 is 0 Å². The van der Waals surface area contributed by atoms with Gasteiger partial charge in [-0.25, -0.2) is 40.6 Å². The standard InChI is InChI=1S/C20H21ClFN4.C20H22FN4.C20H23N4.C19H19ClFN4.C18H21N4S.C17H19N4S/c1-24-8-4-14-5-9-26(19(14)13-24)12-16-17(21)10-15(11-18(16)22)20(23)25-6-2-3-7-25;1-23-10-6-15-7-11-25(19(15)14-23)13-17-5-4-16(12-18(17)21)20(22)24-8-2-3-9-24;1-22-12-8-17-9-13-24(19(17)15-22)14-16-4-6-18(7-5-16)20(21)23-10-2-3-11-23;1-24-6-4-12-5-7-25(18(12)11-24)10-15-16(20)8-13(9-17(15)21)19(22)23-14-2-3-14;1-20-8-4-14-5-9-22(17(14)12-20)11-16-10-15(13-23-16)18(19)21-6-2-3-7-21;1-20-6-4-12-5-7-21(16(12)10-20)9-15-8-13(11-22-15)17(18)19-14-2-3-14/h4-5,8-11,13,23H,2-3,6-7,12H2,1H3;4-7,10-12,14,22H,2-3,8-9,13H2,1H3;4-9,12-13,15,21H,2-3,10-11,14H2,1H3;4-9,11,14H,2-3,10H2,1H3,(H2,22,23);4-5,8-10,12-13,19H,2-3,6-7,11H2,1H3;4-8,10-11,14H,2-3,9H2,1H3,(H2,18,19)/q6*+1. The molecule has 8 N–H and O–H groups in total. The number of nitrogens with zero attached hydrogens (tertiary/aromatic N) is 18. The predicted octanol–water partition coefficient (Wildman–Crippen LogP) is 18.4. The number of benzene rings is 4. The highest BCUT2D eigenvalue weighted by Crippen LogP contribution is 2.33. The van der Waals surface area contributed by atoms with Gasteiger partial charge < -0.3 is 58.5 Å². The number of thiophene rings is 2. The van der Waals surface area contributed by atoms with Gasteiger partial charge in [-0.05, 0) is 161 Å². The predicted molar refractivity (Wildman–Crippen MR) is 576 cm³/mol. The first-order valence-corrected chi connectivity index (χ1v) is 52.4. The third kappa shape index (κ3) is 24.0. The van der Waals surface area contributed by atoms with E-state index in [1.807, 2.05) is 152 Å². The zero-order valence-electron chi connectivity index (χ0n) is 82.9. The van der Waals surface area contributed by atoms with E-state index in [2.05, 4.69) is 218 Å². The van der Waals surface area contributed by atoms with Crippen molar-refractivity contribution in [1.29, 1.82) is 21.6 Å². The van der Waals surface area contributed by atoms with Gasteiger partial charge in [-0.1, -0.05) is 59.6 Å². The van der Waals surface area contributed by atoms with E-state index in [9.17, 15) is 13.2 Å². The van der Waals surface area contributed by atoms with Gasteiger partial charge in [0.25, 0.3) is 0 Å². The molecule has 145 heavy (non-hydrogen) atoms. The molecule has 4 aromatic carbocycles. The third-order valence-electron chi connectivity index (χ3n) is 27.8. The highest BCUT2D eigenvalue weighted by molar-refractivity contribution is 7.10. The van der Waals surface area contributed by atoms with Crippen LogP contribution in [0.2, 0.25) is 10.0 Å². The van der Waals surface area contributed by atoms with Crippen molar-refractivity contribution in [3.05, 3.63) is 367 Å². The SMILES string of the molecule is C[n+]1ccc2ccn(Cc3c(F)cc(C(=N)N4CCCC4)cc3Cl)c2c1.C[n+]1ccc2ccn(Cc3c(F)cc(C(N)=NC4CC4)cc3Cl)c2c1.C[n+]1ccc2ccn(Cc3cc(C(=N)N4CCCC4)cs3)c2c1.C[n+]1ccc2ccn(Cc3cc(C(N)=NC4CC4)cs3)c2c1.C[n+]1ccc2ccn(Cc3ccc(C(=N)N4CCCC4)cc3)c2c1.C[n+]1ccc2ccn(Cc3ccc(C(=N)N4CCCC4)cc3F)c2c1. The summed E-state index contributed by atoms with van der Waals surface area (Å²) in [6.07, 6.45) is 50.8. The number of halogens is 5. The maximum absolute atomic E-state index is 14.8. The van der Waals surface area contributed by atoms with E-state index in [-0.39, 0.29) is 23.5 Å². The molecular formula is C114H125Cl2F3N24S2+6. The summed E-state index contributed by atoms with van der Waals surface area (Å²) in [5.74, 6) is 2.21. The summed E-state index contributed by atoms with van der Waals surface area (Å²) >= 11 is 16.3. The molecule has 4 saturated heterocycles. The van der Waals surface area contributed by atoms with Crippen LogP contribution < -0.4 is 38.9 Å². The molecule has 0 unspecified atom stereocenters. The molecule has 14 aromatic heterocycles. The van der Waals surface area contributed by atoms with Gasteiger partial charge in [0.15, 0.2) is 74.4 Å². The molecule has 6 fully saturated rings. The number of aromatic nitrogens is 12. The second kappa shape index (κ2) is 44.5. The number of amidine groups is 6. The summed E-state index contributed by atoms with van der Waals surface area (Å²) in [4.78, 5) is 19.8. The molecule has 2 aliphatic carbocycles. The van der Waals surface area contributed by atoms with Crippen LogP contribution in [0, 0.1) is 39.1 Å². The van der Waals surface area contributed by atoms with E-state index >= 15 is 0 Å². The summed E-state index contributed by atoms with van der Waals surface area (Å²) in [7, 11) is 12.1. The third-order valence-corrected chi connectivity index (χ3v) is 30.4. The first-order chi connectivity index (χ1) is 70.2. The highest BCUT2D eigenvalue weighted by atomic mass is 35.5. The fourth-order valence-electron chi connectivity index (χ4n) is 19.2. The second-order valence-corrected chi connectivity index (χ2v) is 41.8. The van der Waals surface area contributed by atoms with Gasteiger partial charge in [0.1, 0.15) is 128 Å². The Kier molecular flexibility index (Phi) is 30.5. The van der Waals surface area contributed by atoms with Crippen molar-refractivity contribution in [2.24, 2.45) is 63.7 Å². The molecular weight excluding hydrogens is 1900 g/mol. The Bertz CT molecular complexity index is 7830. The quantitative estimate of drug-likeness (QED) is 0.0246. The lowest BCUT2D eigenvalue weighted by Gasteiger charge is -2.19. The normalized spacial score (nSPS) is 14.8. The Morgan fingerprint density at radius 2 is 0.614 bits per heavy atom. The Morgan fingerprint density at radius 3 is 0.972 bits per heavy atom. The van der Waals surface area contributed by atoms with Crippen LogP contribution in [0.1, 0.15) is 142 Å². The lowest BCUT2D eigenvalue weighted by molar-refractivity contribution is -0.670. The van der Waals surface area contributed by atoms with Crippen molar-refractivity contribution in [2.45, 2.75) is 128 Å². The summed E-state index contributed by atoms with van der Waals surface area (Å²) in [6, 6.07) is 50.1. The van der Waals surface area contributed by atoms with E-state index in [0.29, 0.717) is 104 Å². The molecule has 18 heterocycles. The number of aryl methyl sites for hydroxylation is 6. The average molecular weight is 2020 g/mol. The summed E-state index contributed by atoms with van der Waals surface area (Å²) in [5.41, 5.74) is 26.6. The van der Waals surface area contributed by atoms with Crippen molar-refractivity contribution < 1.29 is 40.6 Å². The fraction of sp³-hybridized carbons (Fsp3) is 0.298. The van der Waals surface area contributed by atoms with Gasteiger partial charge in [-0.2, -0.15) is 0 Å². The Hall–Kier alpha value is -14.4. The first-order valence-electron chi connectivity index (χ1n) is 49.9. The number of likely N-dealkylation sites (tertiary alicyclic amines) is 4. The van der Waals surface area contributed by atoms with E-state index in [1.165, 1.54) is 105 Å². The van der Waals surface area contributed by atoms with Gasteiger partial charge in [0.2, 0.25) is 0 Å². The molecule has 0 radical (unpaired) electrons. The van der Waals surface area contributed by atoms with Gasteiger partial charge in [-0.3, -0.25) is 31.6 Å². The molecule has 31 heteroatoms. The molecule has 24 nitrogen and oxygen atoms in total. The molecule has 0 amide bonds. The van der Waals surface area contributed by atoms with Crippen LogP contribution in [0.25, 0.3) is 65.4 Å². The molecule has 0 atom stereocenters. The van der Waals surface area contributed by atoms with Crippen LogP contribution in [0.5, 0.6) is 0 Å². The van der Waals surface area contributed by atoms with Gasteiger partial charge in [0.05, 0.1) is 44.8 Å². The monoisotopic (exact) mass is 2020 g/mol. The second-order valence-electron chi connectivity index (χ2n) is 39.0. The van der Waals surface area contributed by atoms with Gasteiger partial charge in [0, 0.05) is 245 Å². The zero-order valence-corrected chi connectivity index (χ0v) is 86.1. The lowest BCUT2D eigenvalue weighted by Crippen LogP contribution is -2.27. The molecule has 742 valence electrons. The fourth-order valence-corrected chi connectivity index (χ4v) is 21.5. The number of pyridine rings is 6. The average Bonchev–Trinajstić information content (AvgIpc) is 1.62. The van der Waals surface area contributed by atoms with Crippen molar-refractivity contribution in [3.63, 3.8) is 0 Å². The minimum absolute atomic E-state index is 0.247. The summed E-state index contributed by atoms with van der Waals surface area (Å²) in [5, 5.41) is 45.4. The maximum Gasteiger partial charge on any atom is 0.193 e. The number of hydrogen-bond donors (Lipinski definition) is 6. The Labute approximate surface area is 860 Å². The zero-order chi connectivity index (χ0) is 101. The van der Waals surface area contributed by atoms with E-state index in [1.54, 1.807) is 34.8 Å². The molecule has 0 spiro atoms. The molecule has 4 aliphatic heterocycles. The minimum atomic E-state index is -0.362. The number of nitrogens with two attached hydrogens (primary N) is 2. The van der Waals surface area contributed by atoms with Crippen molar-refractivity contribution >= 4 is 146 Å². The van der Waals surface area contributed by atoms with Crippen molar-refractivity contribution in [2.75, 3.05) is 52.4 Å². The maximum atomic E-state index is 14.8. The number of rotatable bonds is 20. The number of hydrogen-bond acceptors (Lipinski definition) is 8. The molecule has 18 aromatic rings.